The summed E-state index contributed by atoms with van der Waals surface area (Å²) in [6.45, 7) is 31.3. The number of aliphatic hydroxyl groups excluding tert-OH is 1. The zero-order valence-electron chi connectivity index (χ0n) is 59.2. The van der Waals surface area contributed by atoms with Crippen molar-refractivity contribution < 1.29 is 62.6 Å². The summed E-state index contributed by atoms with van der Waals surface area (Å²) < 4.78 is 5.67. The number of hydrogen-bond donors (Lipinski definition) is 4. The van der Waals surface area contributed by atoms with Crippen molar-refractivity contribution in [2.45, 2.75) is 235 Å². The van der Waals surface area contributed by atoms with E-state index in [1.54, 1.807) is 53.7 Å². The largest absolute Gasteiger partial charge is 0.390 e. The van der Waals surface area contributed by atoms with Gasteiger partial charge in [-0.1, -0.05) is 102 Å². The number of carbonyl (C=O) groups is 11. The molecule has 510 valence electrons. The van der Waals surface area contributed by atoms with Gasteiger partial charge in [-0.3, -0.25) is 52.7 Å². The lowest BCUT2D eigenvalue weighted by Crippen LogP contribution is -2.65. The van der Waals surface area contributed by atoms with Gasteiger partial charge in [0, 0.05) is 63.5 Å². The molecule has 0 aliphatic carbocycles. The van der Waals surface area contributed by atoms with Crippen LogP contribution in [0.15, 0.2) is 12.2 Å². The van der Waals surface area contributed by atoms with Gasteiger partial charge in [0.05, 0.1) is 12.2 Å². The summed E-state index contributed by atoms with van der Waals surface area (Å²) in [5.41, 5.74) is 0. The maximum absolute atomic E-state index is 15.3. The molecule has 1 saturated heterocycles. The van der Waals surface area contributed by atoms with Crippen molar-refractivity contribution in [1.29, 1.82) is 0 Å². The highest BCUT2D eigenvalue weighted by Crippen LogP contribution is 2.27. The van der Waals surface area contributed by atoms with Crippen LogP contribution >= 0.6 is 0 Å². The Balaban J connectivity index is 4.50. The molecule has 0 aromatic carbocycles. The number of allylic oxidation sites excluding steroid dienone is 2. The molecule has 1 aliphatic heterocycles. The Bertz CT molecular complexity index is 2450. The zero-order chi connectivity index (χ0) is 69.3. The molecule has 0 unspecified atom stereocenters. The molecule has 1 aliphatic rings. The third kappa shape index (κ3) is 21.5. The monoisotopic (exact) mass is 1260 g/mol. The Hall–Kier alpha value is -6.17. The van der Waals surface area contributed by atoms with E-state index < -0.39 is 161 Å². The number of likely N-dealkylation sites (N-methyl/N-ethyl adjacent to an activating group) is 8. The van der Waals surface area contributed by atoms with E-state index in [1.165, 1.54) is 121 Å². The lowest BCUT2D eigenvalue weighted by Gasteiger charge is -2.42. The molecule has 14 atom stereocenters. The first-order valence-corrected chi connectivity index (χ1v) is 31.8. The fraction of sp³-hybridized carbons (Fsp3) is 0.800. The highest BCUT2D eigenvalue weighted by Gasteiger charge is 2.47. The molecule has 24 nitrogen and oxygen atoms in total. The van der Waals surface area contributed by atoms with E-state index in [-0.39, 0.29) is 55.8 Å². The molecular weight excluding hydrogens is 1140 g/mol. The zero-order valence-corrected chi connectivity index (χ0v) is 59.2. The number of nitrogens with zero attached hydrogens (tertiary/aromatic N) is 8. The Kier molecular flexibility index (Phi) is 32.7. The number of ether oxygens (including phenoxy) is 1. The van der Waals surface area contributed by atoms with E-state index in [0.717, 1.165) is 9.80 Å². The minimum atomic E-state index is -1.68. The molecular formula is C65H117N11O13. The van der Waals surface area contributed by atoms with Crippen molar-refractivity contribution in [3.05, 3.63) is 12.2 Å². The third-order valence-corrected chi connectivity index (χ3v) is 17.4. The van der Waals surface area contributed by atoms with Crippen molar-refractivity contribution in [2.24, 2.45) is 41.4 Å². The number of nitrogens with one attached hydrogen (secondary N) is 3. The van der Waals surface area contributed by atoms with Crippen LogP contribution in [0.2, 0.25) is 0 Å². The normalized spacial score (nSPS) is 27.6. The fourth-order valence-electron chi connectivity index (χ4n) is 11.5. The van der Waals surface area contributed by atoms with Crippen LogP contribution in [-0.2, 0) is 57.5 Å². The van der Waals surface area contributed by atoms with E-state index >= 15 is 24.0 Å². The van der Waals surface area contributed by atoms with Gasteiger partial charge >= 0.3 is 0 Å². The van der Waals surface area contributed by atoms with Crippen LogP contribution in [0.1, 0.15) is 157 Å². The average molecular weight is 1260 g/mol. The quantitative estimate of drug-likeness (QED) is 0.161. The van der Waals surface area contributed by atoms with Crippen LogP contribution in [0.5, 0.6) is 0 Å². The SMILES string of the molecule is C/C=C/C[C@@H](C)[C@@H](O)[C@H]1C(=O)N[C@H]([C@H](C)OC)C(=O)N(C)[C@H](C)C(=O)N(C)[C@@H](CC(C)C)C(=O)N(C)[C@@H](C(C)C)C(=O)N(C)[C@@H](CC(C)C)C(=O)N[C@@H](C)C(=O)N[C@H](C)C(=O)N(C)[C@@H](CC(C)C)C(=O)N(C)[C@@H](CC(C)C)C(=O)N(C)[C@@H](C(C)C)C(=O)N1C. The maximum atomic E-state index is 15.3. The first-order valence-electron chi connectivity index (χ1n) is 31.8. The molecule has 1 fully saturated rings. The molecule has 4 N–H and O–H groups in total. The summed E-state index contributed by atoms with van der Waals surface area (Å²) in [7, 11) is 12.7. The van der Waals surface area contributed by atoms with Gasteiger partial charge < -0.3 is 65.0 Å². The molecule has 24 heteroatoms. The smallest absolute Gasteiger partial charge is 0.248 e. The first-order chi connectivity index (χ1) is 41.0. The van der Waals surface area contributed by atoms with Crippen LogP contribution in [0.3, 0.4) is 0 Å². The van der Waals surface area contributed by atoms with Crippen LogP contribution in [0, 0.1) is 41.4 Å². The van der Waals surface area contributed by atoms with E-state index in [1.807, 2.05) is 55.4 Å². The van der Waals surface area contributed by atoms with E-state index in [9.17, 15) is 33.9 Å². The molecule has 1 rings (SSSR count). The van der Waals surface area contributed by atoms with Gasteiger partial charge in [0.1, 0.15) is 66.5 Å². The van der Waals surface area contributed by atoms with Gasteiger partial charge in [-0.2, -0.15) is 0 Å². The number of carbonyl (C=O) groups excluding carboxylic acids is 11. The summed E-state index contributed by atoms with van der Waals surface area (Å²) in [6, 6.07) is -14.0. The maximum Gasteiger partial charge on any atom is 0.248 e. The summed E-state index contributed by atoms with van der Waals surface area (Å²) in [5.74, 6) is -10.0. The predicted octanol–water partition coefficient (Wildman–Crippen LogP) is 3.62. The Morgan fingerprint density at radius 1 is 0.416 bits per heavy atom. The fourth-order valence-corrected chi connectivity index (χ4v) is 11.5. The highest BCUT2D eigenvalue weighted by atomic mass is 16.5. The lowest BCUT2D eigenvalue weighted by molar-refractivity contribution is -0.158. The minimum Gasteiger partial charge on any atom is -0.390 e. The summed E-state index contributed by atoms with van der Waals surface area (Å²) >= 11 is 0. The number of hydrogen-bond acceptors (Lipinski definition) is 13. The lowest BCUT2D eigenvalue weighted by atomic mass is 9.91. The number of rotatable bonds is 16. The van der Waals surface area contributed by atoms with Crippen molar-refractivity contribution in [1.82, 2.24) is 55.1 Å². The van der Waals surface area contributed by atoms with Gasteiger partial charge in [0.25, 0.3) is 0 Å². The van der Waals surface area contributed by atoms with E-state index in [2.05, 4.69) is 16.0 Å². The van der Waals surface area contributed by atoms with Gasteiger partial charge in [-0.05, 0) is 108 Å². The molecule has 1 heterocycles. The topological polar surface area (TPSA) is 279 Å². The summed E-state index contributed by atoms with van der Waals surface area (Å²) in [5, 5.41) is 20.4. The molecule has 0 saturated carbocycles. The van der Waals surface area contributed by atoms with Gasteiger partial charge in [0.15, 0.2) is 0 Å². The summed E-state index contributed by atoms with van der Waals surface area (Å²) in [6.07, 6.45) is 1.81. The third-order valence-electron chi connectivity index (χ3n) is 17.4. The van der Waals surface area contributed by atoms with Crippen molar-refractivity contribution in [3.63, 3.8) is 0 Å². The molecule has 0 bridgehead atoms. The molecule has 0 spiro atoms. The Morgan fingerprint density at radius 3 is 1.16 bits per heavy atom. The van der Waals surface area contributed by atoms with Crippen molar-refractivity contribution >= 4 is 65.0 Å². The second-order valence-electron chi connectivity index (χ2n) is 27.3. The Labute approximate surface area is 533 Å². The van der Waals surface area contributed by atoms with Crippen molar-refractivity contribution in [3.8, 4) is 0 Å². The molecule has 89 heavy (non-hydrogen) atoms. The summed E-state index contributed by atoms with van der Waals surface area (Å²) in [4.78, 5) is 173. The predicted molar refractivity (Wildman–Crippen MR) is 344 cm³/mol. The highest BCUT2D eigenvalue weighted by molar-refractivity contribution is 6.00. The second kappa shape index (κ2) is 36.0. The van der Waals surface area contributed by atoms with Crippen LogP contribution in [0.25, 0.3) is 0 Å². The van der Waals surface area contributed by atoms with Crippen molar-refractivity contribution in [2.75, 3.05) is 63.5 Å². The molecule has 0 aromatic rings. The number of amides is 11. The van der Waals surface area contributed by atoms with Crippen LogP contribution < -0.4 is 16.0 Å². The standard InChI is InChI=1S/C65H117N11O13/c1-28-29-30-41(14)54(77)53-57(80)68-50(45(18)89-27)63(86)69(19)44(17)59(82)72(22)48(33-37(6)7)61(84)74(24)51(39(10)11)64(87)70(20)46(31-35(2)3)56(79)66-42(15)55(78)67-43(16)58(81)71(21)47(32-36(4)5)60(83)73(23)49(34-38(8)9)62(85)75(25)52(40(12)13)65(88)76(53)26/h28-29,35-54,77H,30-34H2,1-27H3,(H,66,79)(H,67,78)(H,68,80)/b29-28+/t41-,42+,43-,44-,45+,46+,47+,48+,49+,50-,51+,52+,53+,54-/m1/s1. The van der Waals surface area contributed by atoms with Gasteiger partial charge in [-0.25, -0.2) is 0 Å². The first kappa shape index (κ1) is 80.8. The average Bonchev–Trinajstić information content (AvgIpc) is 0.929. The number of aliphatic hydroxyl groups is 1. The van der Waals surface area contributed by atoms with Gasteiger partial charge in [0.2, 0.25) is 65.0 Å². The van der Waals surface area contributed by atoms with Crippen LogP contribution in [-0.4, -0.2) is 251 Å². The van der Waals surface area contributed by atoms with Gasteiger partial charge in [-0.15, -0.1) is 0 Å². The second-order valence-corrected chi connectivity index (χ2v) is 27.3. The number of methoxy groups -OCH3 is 1. The van der Waals surface area contributed by atoms with Crippen LogP contribution in [0.4, 0.5) is 0 Å². The molecule has 11 amide bonds. The Morgan fingerprint density at radius 2 is 0.764 bits per heavy atom. The van der Waals surface area contributed by atoms with E-state index in [4.69, 9.17) is 4.74 Å². The molecule has 0 radical (unpaired) electrons. The minimum absolute atomic E-state index is 0.130. The van der Waals surface area contributed by atoms with E-state index in [0.29, 0.717) is 0 Å². The molecule has 0 aromatic heterocycles.